The molecule has 1 aliphatic heterocycles. The summed E-state index contributed by atoms with van der Waals surface area (Å²) in [4.78, 5) is 22.7. The molecular formula is C10H17N3O2. The van der Waals surface area contributed by atoms with Gasteiger partial charge in [-0.3, -0.25) is 14.9 Å². The summed E-state index contributed by atoms with van der Waals surface area (Å²) in [7, 11) is 0. The first-order valence-electron chi connectivity index (χ1n) is 5.41. The summed E-state index contributed by atoms with van der Waals surface area (Å²) in [5.74, 6) is -0.0499. The van der Waals surface area contributed by atoms with Crippen LogP contribution in [-0.4, -0.2) is 36.5 Å². The van der Waals surface area contributed by atoms with Gasteiger partial charge in [0.05, 0.1) is 6.54 Å². The molecule has 1 saturated carbocycles. The molecule has 2 aliphatic rings. The quantitative estimate of drug-likeness (QED) is 0.556. The molecule has 1 heterocycles. The minimum atomic E-state index is -0.278. The van der Waals surface area contributed by atoms with Crippen LogP contribution in [0.15, 0.2) is 0 Å². The fourth-order valence-corrected chi connectivity index (χ4v) is 1.97. The maximum absolute atomic E-state index is 11.8. The summed E-state index contributed by atoms with van der Waals surface area (Å²) in [5, 5.41) is 8.61. The number of carbonyl (C=O) groups is 2. The molecule has 1 saturated heterocycles. The van der Waals surface area contributed by atoms with Gasteiger partial charge in [-0.2, -0.15) is 0 Å². The standard InChI is InChI=1S/C10H17N3O2/c1-10(3-2-4-10)13-9(15)7-5-12-8(14)6-11-7/h7,11H,2-6H2,1H3,(H,12,14)(H,13,15). The molecule has 1 unspecified atom stereocenters. The fourth-order valence-electron chi connectivity index (χ4n) is 1.97. The molecule has 2 fully saturated rings. The highest BCUT2D eigenvalue weighted by Gasteiger charge is 2.35. The van der Waals surface area contributed by atoms with Gasteiger partial charge in [0.15, 0.2) is 0 Å². The maximum atomic E-state index is 11.8. The molecule has 0 spiro atoms. The number of amides is 2. The molecule has 0 aromatic carbocycles. The van der Waals surface area contributed by atoms with Gasteiger partial charge in [0, 0.05) is 12.1 Å². The highest BCUT2D eigenvalue weighted by Crippen LogP contribution is 2.30. The lowest BCUT2D eigenvalue weighted by Gasteiger charge is -2.40. The van der Waals surface area contributed by atoms with Gasteiger partial charge in [-0.1, -0.05) is 0 Å². The van der Waals surface area contributed by atoms with Gasteiger partial charge in [0.2, 0.25) is 11.8 Å². The van der Waals surface area contributed by atoms with Gasteiger partial charge in [-0.15, -0.1) is 0 Å². The minimum absolute atomic E-state index is 0.00259. The summed E-state index contributed by atoms with van der Waals surface area (Å²) in [6.07, 6.45) is 3.29. The third kappa shape index (κ3) is 2.28. The number of nitrogens with one attached hydrogen (secondary N) is 3. The van der Waals surface area contributed by atoms with Crippen LogP contribution in [0.3, 0.4) is 0 Å². The molecule has 15 heavy (non-hydrogen) atoms. The van der Waals surface area contributed by atoms with Crippen LogP contribution in [0.1, 0.15) is 26.2 Å². The van der Waals surface area contributed by atoms with Gasteiger partial charge in [0.25, 0.3) is 0 Å². The van der Waals surface area contributed by atoms with Crippen LogP contribution in [0, 0.1) is 0 Å². The van der Waals surface area contributed by atoms with Crippen LogP contribution in [0.25, 0.3) is 0 Å². The lowest BCUT2D eigenvalue weighted by molar-refractivity contribution is -0.128. The highest BCUT2D eigenvalue weighted by atomic mass is 16.2. The second-order valence-corrected chi connectivity index (χ2v) is 4.64. The third-order valence-electron chi connectivity index (χ3n) is 3.21. The Labute approximate surface area is 89.0 Å². The number of rotatable bonds is 2. The van der Waals surface area contributed by atoms with Crippen molar-refractivity contribution in [3.8, 4) is 0 Å². The van der Waals surface area contributed by atoms with E-state index >= 15 is 0 Å². The first-order valence-corrected chi connectivity index (χ1v) is 5.41. The number of hydrogen-bond acceptors (Lipinski definition) is 3. The smallest absolute Gasteiger partial charge is 0.239 e. The van der Waals surface area contributed by atoms with Crippen molar-refractivity contribution in [3.63, 3.8) is 0 Å². The fraction of sp³-hybridized carbons (Fsp3) is 0.800. The van der Waals surface area contributed by atoms with Crippen molar-refractivity contribution in [3.05, 3.63) is 0 Å². The largest absolute Gasteiger partial charge is 0.353 e. The van der Waals surface area contributed by atoms with Crippen molar-refractivity contribution in [1.29, 1.82) is 0 Å². The summed E-state index contributed by atoms with van der Waals surface area (Å²) < 4.78 is 0. The van der Waals surface area contributed by atoms with E-state index in [1.807, 2.05) is 0 Å². The van der Waals surface area contributed by atoms with Crippen molar-refractivity contribution < 1.29 is 9.59 Å². The van der Waals surface area contributed by atoms with E-state index in [9.17, 15) is 9.59 Å². The lowest BCUT2D eigenvalue weighted by Crippen LogP contribution is -2.62. The molecule has 0 bridgehead atoms. The van der Waals surface area contributed by atoms with Gasteiger partial charge >= 0.3 is 0 Å². The van der Waals surface area contributed by atoms with E-state index in [-0.39, 0.29) is 29.9 Å². The van der Waals surface area contributed by atoms with Crippen molar-refractivity contribution in [2.24, 2.45) is 0 Å². The van der Waals surface area contributed by atoms with E-state index in [1.54, 1.807) is 0 Å². The van der Waals surface area contributed by atoms with Crippen LogP contribution in [0.4, 0.5) is 0 Å². The van der Waals surface area contributed by atoms with Gasteiger partial charge in [0.1, 0.15) is 6.04 Å². The van der Waals surface area contributed by atoms with Crippen LogP contribution in [0.5, 0.6) is 0 Å². The van der Waals surface area contributed by atoms with Crippen LogP contribution in [0.2, 0.25) is 0 Å². The van der Waals surface area contributed by atoms with Gasteiger partial charge in [-0.25, -0.2) is 0 Å². The van der Waals surface area contributed by atoms with Crippen LogP contribution < -0.4 is 16.0 Å². The van der Waals surface area contributed by atoms with E-state index in [0.717, 1.165) is 12.8 Å². The Morgan fingerprint density at radius 1 is 1.53 bits per heavy atom. The molecule has 84 valence electrons. The molecular weight excluding hydrogens is 194 g/mol. The van der Waals surface area contributed by atoms with Crippen LogP contribution in [-0.2, 0) is 9.59 Å². The predicted molar refractivity (Wildman–Crippen MR) is 55.2 cm³/mol. The normalized spacial score (nSPS) is 28.9. The Kier molecular flexibility index (Phi) is 2.65. The van der Waals surface area contributed by atoms with E-state index in [2.05, 4.69) is 22.9 Å². The maximum Gasteiger partial charge on any atom is 0.239 e. The molecule has 2 amide bonds. The molecule has 1 atom stereocenters. The van der Waals surface area contributed by atoms with E-state index in [4.69, 9.17) is 0 Å². The predicted octanol–water partition coefficient (Wildman–Crippen LogP) is -0.867. The average molecular weight is 211 g/mol. The zero-order chi connectivity index (χ0) is 10.9. The zero-order valence-corrected chi connectivity index (χ0v) is 8.93. The topological polar surface area (TPSA) is 70.2 Å². The molecule has 5 heteroatoms. The van der Waals surface area contributed by atoms with Crippen LogP contribution >= 0.6 is 0 Å². The second kappa shape index (κ2) is 3.81. The Morgan fingerprint density at radius 3 is 2.73 bits per heavy atom. The van der Waals surface area contributed by atoms with Gasteiger partial charge < -0.3 is 10.6 Å². The highest BCUT2D eigenvalue weighted by molar-refractivity contribution is 5.87. The number of piperazine rings is 1. The van der Waals surface area contributed by atoms with E-state index in [1.165, 1.54) is 6.42 Å². The molecule has 0 aromatic heterocycles. The summed E-state index contributed by atoms with van der Waals surface area (Å²) in [5.41, 5.74) is -0.0137. The summed E-state index contributed by atoms with van der Waals surface area (Å²) >= 11 is 0. The minimum Gasteiger partial charge on any atom is -0.353 e. The molecule has 0 radical (unpaired) electrons. The SMILES string of the molecule is CC1(NC(=O)C2CNC(=O)CN2)CCC1. The zero-order valence-electron chi connectivity index (χ0n) is 8.93. The molecule has 5 nitrogen and oxygen atoms in total. The number of hydrogen-bond donors (Lipinski definition) is 3. The summed E-state index contributed by atoms with van der Waals surface area (Å²) in [6.45, 7) is 2.69. The van der Waals surface area contributed by atoms with E-state index in [0.29, 0.717) is 6.54 Å². The Bertz CT molecular complexity index is 276. The third-order valence-corrected chi connectivity index (χ3v) is 3.21. The van der Waals surface area contributed by atoms with Crippen molar-refractivity contribution >= 4 is 11.8 Å². The van der Waals surface area contributed by atoms with Gasteiger partial charge in [-0.05, 0) is 26.2 Å². The van der Waals surface area contributed by atoms with E-state index < -0.39 is 0 Å². The lowest BCUT2D eigenvalue weighted by atomic mass is 9.78. The second-order valence-electron chi connectivity index (χ2n) is 4.64. The first kappa shape index (κ1) is 10.4. The Morgan fingerprint density at radius 2 is 2.27 bits per heavy atom. The number of carbonyl (C=O) groups excluding carboxylic acids is 2. The van der Waals surface area contributed by atoms with Crippen molar-refractivity contribution in [2.75, 3.05) is 13.1 Å². The van der Waals surface area contributed by atoms with Crippen molar-refractivity contribution in [1.82, 2.24) is 16.0 Å². The summed E-state index contributed by atoms with van der Waals surface area (Å²) in [6, 6.07) is -0.278. The van der Waals surface area contributed by atoms with Crippen molar-refractivity contribution in [2.45, 2.75) is 37.8 Å². The molecule has 2 rings (SSSR count). The Balaban J connectivity index is 1.83. The monoisotopic (exact) mass is 211 g/mol. The first-order chi connectivity index (χ1) is 7.09. The average Bonchev–Trinajstić information content (AvgIpc) is 2.16. The molecule has 1 aliphatic carbocycles. The molecule has 0 aromatic rings. The Hall–Kier alpha value is -1.10. The molecule has 3 N–H and O–H groups in total.